The zero-order chi connectivity index (χ0) is 7.82. The van der Waals surface area contributed by atoms with Crippen LogP contribution in [0.1, 0.15) is 32.6 Å². The molecule has 0 N–H and O–H groups in total. The van der Waals surface area contributed by atoms with Crippen molar-refractivity contribution >= 4 is 0 Å². The number of allylic oxidation sites excluding steroid dienone is 2. The molecule has 0 heterocycles. The Kier molecular flexibility index (Phi) is 6.25. The molecule has 0 bridgehead atoms. The van der Waals surface area contributed by atoms with Crippen molar-refractivity contribution in [3.8, 4) is 0 Å². The molecule has 0 aromatic rings. The lowest BCUT2D eigenvalue weighted by Gasteiger charge is -2.02. The second-order valence-corrected chi connectivity index (χ2v) is 2.73. The van der Waals surface area contributed by atoms with Crippen LogP contribution >= 0.6 is 0 Å². The highest BCUT2D eigenvalue weighted by Crippen LogP contribution is 2.09. The van der Waals surface area contributed by atoms with Crippen LogP contribution in [0, 0.1) is 12.5 Å². The third kappa shape index (κ3) is 5.61. The first kappa shape index (κ1) is 9.48. The van der Waals surface area contributed by atoms with Crippen molar-refractivity contribution < 1.29 is 0 Å². The average Bonchev–Trinajstić information content (AvgIpc) is 1.98. The van der Waals surface area contributed by atoms with Crippen molar-refractivity contribution in [1.82, 2.24) is 0 Å². The van der Waals surface area contributed by atoms with E-state index in [4.69, 9.17) is 6.58 Å². The summed E-state index contributed by atoms with van der Waals surface area (Å²) in [5, 5.41) is 0. The van der Waals surface area contributed by atoms with Gasteiger partial charge in [0.15, 0.2) is 0 Å². The van der Waals surface area contributed by atoms with Crippen LogP contribution in [0.5, 0.6) is 0 Å². The lowest BCUT2D eigenvalue weighted by Crippen LogP contribution is -1.87. The second kappa shape index (κ2) is 6.60. The van der Waals surface area contributed by atoms with Gasteiger partial charge in [-0.1, -0.05) is 32.1 Å². The first-order valence-electron chi connectivity index (χ1n) is 3.97. The predicted molar refractivity (Wildman–Crippen MR) is 46.7 cm³/mol. The molecule has 0 amide bonds. The topological polar surface area (TPSA) is 0 Å². The van der Waals surface area contributed by atoms with Crippen LogP contribution in [0.4, 0.5) is 0 Å². The van der Waals surface area contributed by atoms with Gasteiger partial charge in [-0.2, -0.15) is 0 Å². The van der Waals surface area contributed by atoms with Gasteiger partial charge in [0.25, 0.3) is 0 Å². The third-order valence-corrected chi connectivity index (χ3v) is 1.68. The second-order valence-electron chi connectivity index (χ2n) is 2.73. The number of hydrogen-bond acceptors (Lipinski definition) is 0. The quantitative estimate of drug-likeness (QED) is 0.389. The fourth-order valence-electron chi connectivity index (χ4n) is 0.846. The van der Waals surface area contributed by atoms with Gasteiger partial charge in [0.2, 0.25) is 0 Å². The Morgan fingerprint density at radius 2 is 2.20 bits per heavy atom. The van der Waals surface area contributed by atoms with E-state index in [0.29, 0.717) is 5.92 Å². The third-order valence-electron chi connectivity index (χ3n) is 1.68. The standard InChI is InChI=1S/C10H17/c1-4-6-7-8-9-10(3)5-2/h1,4-5,10H,2,6-9H2,3H3. The van der Waals surface area contributed by atoms with Crippen LogP contribution in [0.15, 0.2) is 18.7 Å². The molecule has 57 valence electrons. The number of hydrogen-bond donors (Lipinski definition) is 0. The molecular weight excluding hydrogens is 120 g/mol. The first-order valence-corrected chi connectivity index (χ1v) is 3.97. The molecule has 10 heavy (non-hydrogen) atoms. The van der Waals surface area contributed by atoms with Crippen LogP contribution in [0.25, 0.3) is 0 Å². The van der Waals surface area contributed by atoms with E-state index < -0.39 is 0 Å². The summed E-state index contributed by atoms with van der Waals surface area (Å²) in [4.78, 5) is 0. The van der Waals surface area contributed by atoms with Gasteiger partial charge in [-0.05, 0) is 25.2 Å². The Morgan fingerprint density at radius 1 is 1.50 bits per heavy atom. The van der Waals surface area contributed by atoms with Gasteiger partial charge < -0.3 is 0 Å². The predicted octanol–water partition coefficient (Wildman–Crippen LogP) is 3.36. The van der Waals surface area contributed by atoms with Crippen molar-refractivity contribution in [2.75, 3.05) is 0 Å². The molecule has 0 rings (SSSR count). The monoisotopic (exact) mass is 137 g/mol. The van der Waals surface area contributed by atoms with E-state index in [9.17, 15) is 0 Å². The SMILES string of the molecule is [CH]=CCCCCC(C)C=C. The summed E-state index contributed by atoms with van der Waals surface area (Å²) in [7, 11) is 0. The molecule has 0 heteroatoms. The highest BCUT2D eigenvalue weighted by atomic mass is 14.0. The van der Waals surface area contributed by atoms with Gasteiger partial charge in [-0.15, -0.1) is 6.58 Å². The zero-order valence-corrected chi connectivity index (χ0v) is 6.84. The smallest absolute Gasteiger partial charge is 0.0265 e. The molecule has 0 aromatic heterocycles. The van der Waals surface area contributed by atoms with E-state index in [1.54, 1.807) is 6.08 Å². The maximum Gasteiger partial charge on any atom is -0.0265 e. The fourth-order valence-corrected chi connectivity index (χ4v) is 0.846. The molecule has 0 aliphatic carbocycles. The summed E-state index contributed by atoms with van der Waals surface area (Å²) in [5.41, 5.74) is 0. The first-order chi connectivity index (χ1) is 4.81. The summed E-state index contributed by atoms with van der Waals surface area (Å²) in [6.07, 6.45) is 8.52. The Balaban J connectivity index is 3.02. The molecule has 0 fully saturated rings. The molecule has 0 nitrogen and oxygen atoms in total. The van der Waals surface area contributed by atoms with Crippen LogP contribution in [0.2, 0.25) is 0 Å². The van der Waals surface area contributed by atoms with Crippen LogP contribution in [-0.2, 0) is 0 Å². The minimum absolute atomic E-state index is 0.665. The van der Waals surface area contributed by atoms with E-state index >= 15 is 0 Å². The molecule has 0 saturated carbocycles. The maximum absolute atomic E-state index is 5.23. The molecule has 0 aliphatic heterocycles. The highest BCUT2D eigenvalue weighted by Gasteiger charge is 1.93. The van der Waals surface area contributed by atoms with Crippen LogP contribution < -0.4 is 0 Å². The van der Waals surface area contributed by atoms with E-state index in [1.807, 2.05) is 6.08 Å². The lowest BCUT2D eigenvalue weighted by atomic mass is 10.0. The van der Waals surface area contributed by atoms with Crippen molar-refractivity contribution in [1.29, 1.82) is 0 Å². The molecule has 0 spiro atoms. The molecule has 1 atom stereocenters. The lowest BCUT2D eigenvalue weighted by molar-refractivity contribution is 0.585. The van der Waals surface area contributed by atoms with Gasteiger partial charge in [-0.25, -0.2) is 0 Å². The molecule has 1 unspecified atom stereocenters. The van der Waals surface area contributed by atoms with Crippen molar-refractivity contribution in [3.63, 3.8) is 0 Å². The Morgan fingerprint density at radius 3 is 2.70 bits per heavy atom. The van der Waals surface area contributed by atoms with E-state index in [1.165, 1.54) is 19.3 Å². The summed E-state index contributed by atoms with van der Waals surface area (Å²) < 4.78 is 0. The Labute approximate surface area is 64.6 Å². The largest absolute Gasteiger partial charge is 0.103 e. The molecule has 0 aromatic carbocycles. The summed E-state index contributed by atoms with van der Waals surface area (Å²) in [6.45, 7) is 11.2. The van der Waals surface area contributed by atoms with Gasteiger partial charge in [0.1, 0.15) is 0 Å². The fraction of sp³-hybridized carbons (Fsp3) is 0.600. The molecule has 1 radical (unpaired) electrons. The van der Waals surface area contributed by atoms with Gasteiger partial charge >= 0.3 is 0 Å². The average molecular weight is 137 g/mol. The minimum atomic E-state index is 0.665. The molecular formula is C10H17. The zero-order valence-electron chi connectivity index (χ0n) is 6.84. The highest BCUT2D eigenvalue weighted by molar-refractivity contribution is 4.74. The van der Waals surface area contributed by atoms with Crippen molar-refractivity contribution in [2.45, 2.75) is 32.6 Å². The summed E-state index contributed by atoms with van der Waals surface area (Å²) in [5.74, 6) is 0.665. The van der Waals surface area contributed by atoms with Gasteiger partial charge in [0, 0.05) is 0 Å². The van der Waals surface area contributed by atoms with E-state index in [-0.39, 0.29) is 0 Å². The Hall–Kier alpha value is -0.520. The van der Waals surface area contributed by atoms with Crippen molar-refractivity contribution in [3.05, 3.63) is 25.3 Å². The molecule has 0 saturated heterocycles. The maximum atomic E-state index is 5.23. The number of unbranched alkanes of at least 4 members (excludes halogenated alkanes) is 2. The van der Waals surface area contributed by atoms with Gasteiger partial charge in [0.05, 0.1) is 0 Å². The van der Waals surface area contributed by atoms with Crippen LogP contribution in [0.3, 0.4) is 0 Å². The number of rotatable bonds is 6. The minimum Gasteiger partial charge on any atom is -0.103 e. The van der Waals surface area contributed by atoms with Gasteiger partial charge in [-0.3, -0.25) is 0 Å². The van der Waals surface area contributed by atoms with Crippen molar-refractivity contribution in [2.24, 2.45) is 5.92 Å². The summed E-state index contributed by atoms with van der Waals surface area (Å²) >= 11 is 0. The van der Waals surface area contributed by atoms with Crippen LogP contribution in [-0.4, -0.2) is 0 Å². The van der Waals surface area contributed by atoms with E-state index in [2.05, 4.69) is 13.5 Å². The molecule has 0 aliphatic rings. The van der Waals surface area contributed by atoms with E-state index in [0.717, 1.165) is 6.42 Å². The summed E-state index contributed by atoms with van der Waals surface area (Å²) in [6, 6.07) is 0. The normalized spacial score (nSPS) is 12.5. The Bertz CT molecular complexity index is 92.2.